The highest BCUT2D eigenvalue weighted by molar-refractivity contribution is 14.0. The second kappa shape index (κ2) is 12.1. The standard InChI is InChI=1S/C23H39N5O.HI/c1-24-22(25-19-23(26(2)3)12-16-29-17-13-23)27(4)18-20-8-10-21(11-9-20)28-14-6-5-7-15-28;/h8-11H,5-7,12-19H2,1-4H3,(H,24,25);1H. The van der Waals surface area contributed by atoms with Crippen LogP contribution in [0.15, 0.2) is 29.3 Å². The van der Waals surface area contributed by atoms with Crippen LogP contribution in [0.2, 0.25) is 0 Å². The number of ether oxygens (including phenoxy) is 1. The Balaban J connectivity index is 0.00000320. The highest BCUT2D eigenvalue weighted by Crippen LogP contribution is 2.25. The number of guanidine groups is 1. The molecule has 2 saturated heterocycles. The molecule has 3 rings (SSSR count). The van der Waals surface area contributed by atoms with Crippen molar-refractivity contribution in [3.63, 3.8) is 0 Å². The van der Waals surface area contributed by atoms with Crippen molar-refractivity contribution in [2.24, 2.45) is 4.99 Å². The molecule has 0 aliphatic carbocycles. The molecule has 0 unspecified atom stereocenters. The lowest BCUT2D eigenvalue weighted by molar-refractivity contribution is -0.00522. The van der Waals surface area contributed by atoms with Gasteiger partial charge < -0.3 is 24.8 Å². The number of nitrogens with zero attached hydrogens (tertiary/aromatic N) is 4. The third-order valence-electron chi connectivity index (χ3n) is 6.60. The van der Waals surface area contributed by atoms with Gasteiger partial charge in [0.1, 0.15) is 0 Å². The lowest BCUT2D eigenvalue weighted by atomic mass is 9.88. The van der Waals surface area contributed by atoms with E-state index in [9.17, 15) is 0 Å². The van der Waals surface area contributed by atoms with Crippen LogP contribution in [0.5, 0.6) is 0 Å². The van der Waals surface area contributed by atoms with Gasteiger partial charge in [0.25, 0.3) is 0 Å². The molecule has 1 aromatic rings. The van der Waals surface area contributed by atoms with E-state index >= 15 is 0 Å². The summed E-state index contributed by atoms with van der Waals surface area (Å²) in [5, 5.41) is 3.61. The third-order valence-corrected chi connectivity index (χ3v) is 6.60. The quantitative estimate of drug-likeness (QED) is 0.348. The molecule has 0 radical (unpaired) electrons. The van der Waals surface area contributed by atoms with E-state index in [-0.39, 0.29) is 29.5 Å². The first-order chi connectivity index (χ1) is 14.0. The van der Waals surface area contributed by atoms with Crippen LogP contribution in [-0.4, -0.2) is 82.3 Å². The zero-order chi connectivity index (χ0) is 20.7. The normalized spacial score (nSPS) is 19.4. The molecule has 0 spiro atoms. The second-order valence-electron chi connectivity index (χ2n) is 8.70. The van der Waals surface area contributed by atoms with Gasteiger partial charge in [0, 0.05) is 64.7 Å². The first kappa shape index (κ1) is 25.2. The van der Waals surface area contributed by atoms with E-state index in [1.54, 1.807) is 0 Å². The minimum atomic E-state index is 0. The summed E-state index contributed by atoms with van der Waals surface area (Å²) < 4.78 is 5.59. The average Bonchev–Trinajstić information content (AvgIpc) is 2.76. The van der Waals surface area contributed by atoms with Gasteiger partial charge in [-0.3, -0.25) is 4.99 Å². The molecule has 0 amide bonds. The molecule has 170 valence electrons. The number of anilines is 1. The molecule has 0 atom stereocenters. The summed E-state index contributed by atoms with van der Waals surface area (Å²) in [5.74, 6) is 0.942. The Morgan fingerprint density at radius 1 is 1.07 bits per heavy atom. The monoisotopic (exact) mass is 529 g/mol. The number of hydrogen-bond donors (Lipinski definition) is 1. The van der Waals surface area contributed by atoms with Crippen LogP contribution < -0.4 is 10.2 Å². The molecule has 30 heavy (non-hydrogen) atoms. The van der Waals surface area contributed by atoms with Gasteiger partial charge in [-0.1, -0.05) is 12.1 Å². The fourth-order valence-corrected chi connectivity index (χ4v) is 4.47. The molecule has 0 aromatic heterocycles. The van der Waals surface area contributed by atoms with E-state index in [4.69, 9.17) is 4.74 Å². The molecule has 6 nitrogen and oxygen atoms in total. The van der Waals surface area contributed by atoms with Crippen molar-refractivity contribution in [3.8, 4) is 0 Å². The molecule has 1 N–H and O–H groups in total. The van der Waals surface area contributed by atoms with E-state index in [1.807, 2.05) is 7.05 Å². The van der Waals surface area contributed by atoms with Crippen molar-refractivity contribution in [2.45, 2.75) is 44.2 Å². The maximum atomic E-state index is 5.59. The van der Waals surface area contributed by atoms with E-state index < -0.39 is 0 Å². The fourth-order valence-electron chi connectivity index (χ4n) is 4.47. The van der Waals surface area contributed by atoms with Gasteiger partial charge in [-0.15, -0.1) is 24.0 Å². The molecular formula is C23H40IN5O. The number of benzene rings is 1. The summed E-state index contributed by atoms with van der Waals surface area (Å²) in [6.45, 7) is 5.77. The van der Waals surface area contributed by atoms with Crippen LogP contribution in [0.4, 0.5) is 5.69 Å². The van der Waals surface area contributed by atoms with Crippen LogP contribution in [0, 0.1) is 0 Å². The molecule has 2 heterocycles. The lowest BCUT2D eigenvalue weighted by Crippen LogP contribution is -2.57. The number of hydrogen-bond acceptors (Lipinski definition) is 4. The third kappa shape index (κ3) is 6.47. The van der Waals surface area contributed by atoms with Crippen molar-refractivity contribution >= 4 is 35.6 Å². The predicted octanol–water partition coefficient (Wildman–Crippen LogP) is 3.41. The molecular weight excluding hydrogens is 489 g/mol. The van der Waals surface area contributed by atoms with Gasteiger partial charge in [0.2, 0.25) is 0 Å². The van der Waals surface area contributed by atoms with Crippen LogP contribution in [-0.2, 0) is 11.3 Å². The SMILES string of the molecule is CN=C(NCC1(N(C)C)CCOCC1)N(C)Cc1ccc(N2CCCCC2)cc1.I. The summed E-state index contributed by atoms with van der Waals surface area (Å²) in [5.41, 5.74) is 2.79. The van der Waals surface area contributed by atoms with Gasteiger partial charge in [0.15, 0.2) is 5.96 Å². The first-order valence-electron chi connectivity index (χ1n) is 11.0. The molecule has 1 aromatic carbocycles. The highest BCUT2D eigenvalue weighted by Gasteiger charge is 2.35. The zero-order valence-electron chi connectivity index (χ0n) is 19.2. The Morgan fingerprint density at radius 2 is 1.70 bits per heavy atom. The Labute approximate surface area is 200 Å². The number of aliphatic imine (C=N–C) groups is 1. The van der Waals surface area contributed by atoms with Crippen LogP contribution in [0.1, 0.15) is 37.7 Å². The Kier molecular flexibility index (Phi) is 10.2. The van der Waals surface area contributed by atoms with E-state index in [2.05, 4.69) is 70.4 Å². The van der Waals surface area contributed by atoms with Crippen LogP contribution in [0.3, 0.4) is 0 Å². The fraction of sp³-hybridized carbons (Fsp3) is 0.696. The molecule has 2 aliphatic heterocycles. The summed E-state index contributed by atoms with van der Waals surface area (Å²) in [4.78, 5) is 11.6. The number of halogens is 1. The zero-order valence-corrected chi connectivity index (χ0v) is 21.5. The van der Waals surface area contributed by atoms with Crippen LogP contribution in [0.25, 0.3) is 0 Å². The van der Waals surface area contributed by atoms with E-state index in [0.717, 1.165) is 45.1 Å². The molecule has 2 aliphatic rings. The summed E-state index contributed by atoms with van der Waals surface area (Å²) in [6.07, 6.45) is 6.09. The number of nitrogens with one attached hydrogen (secondary N) is 1. The molecule has 2 fully saturated rings. The van der Waals surface area contributed by atoms with Crippen molar-refractivity contribution in [2.75, 3.05) is 65.9 Å². The number of piperidine rings is 1. The Morgan fingerprint density at radius 3 is 2.27 bits per heavy atom. The topological polar surface area (TPSA) is 43.3 Å². The van der Waals surface area contributed by atoms with Crippen LogP contribution >= 0.6 is 24.0 Å². The van der Waals surface area contributed by atoms with Gasteiger partial charge in [0.05, 0.1) is 0 Å². The number of rotatable bonds is 6. The van der Waals surface area contributed by atoms with Crippen molar-refractivity contribution in [1.82, 2.24) is 15.1 Å². The minimum absolute atomic E-state index is 0. The summed E-state index contributed by atoms with van der Waals surface area (Å²) in [6, 6.07) is 9.06. The van der Waals surface area contributed by atoms with Gasteiger partial charge in [-0.25, -0.2) is 0 Å². The highest BCUT2D eigenvalue weighted by atomic mass is 127. The molecule has 0 bridgehead atoms. The molecule has 7 heteroatoms. The van der Waals surface area contributed by atoms with Gasteiger partial charge in [-0.05, 0) is 63.9 Å². The van der Waals surface area contributed by atoms with Gasteiger partial charge >= 0.3 is 0 Å². The smallest absolute Gasteiger partial charge is 0.193 e. The second-order valence-corrected chi connectivity index (χ2v) is 8.70. The molecule has 0 saturated carbocycles. The predicted molar refractivity (Wildman–Crippen MR) is 137 cm³/mol. The number of likely N-dealkylation sites (N-methyl/N-ethyl adjacent to an activating group) is 1. The average molecular weight is 530 g/mol. The minimum Gasteiger partial charge on any atom is -0.381 e. The van der Waals surface area contributed by atoms with E-state index in [1.165, 1.54) is 43.6 Å². The first-order valence-corrected chi connectivity index (χ1v) is 11.0. The maximum absolute atomic E-state index is 5.59. The summed E-state index contributed by atoms with van der Waals surface area (Å²) in [7, 11) is 8.32. The van der Waals surface area contributed by atoms with Crippen molar-refractivity contribution in [1.29, 1.82) is 0 Å². The van der Waals surface area contributed by atoms with Crippen molar-refractivity contribution in [3.05, 3.63) is 29.8 Å². The Hall–Kier alpha value is -1.06. The maximum Gasteiger partial charge on any atom is 0.193 e. The van der Waals surface area contributed by atoms with Gasteiger partial charge in [-0.2, -0.15) is 0 Å². The van der Waals surface area contributed by atoms with Crippen molar-refractivity contribution < 1.29 is 4.74 Å². The largest absolute Gasteiger partial charge is 0.381 e. The Bertz CT molecular complexity index is 652. The van der Waals surface area contributed by atoms with E-state index in [0.29, 0.717) is 0 Å². The lowest BCUT2D eigenvalue weighted by Gasteiger charge is -2.43. The summed E-state index contributed by atoms with van der Waals surface area (Å²) >= 11 is 0.